The second-order valence-electron chi connectivity index (χ2n) is 5.63. The maximum Gasteiger partial charge on any atom is 0.315 e. The van der Waals surface area contributed by atoms with Crippen molar-refractivity contribution < 1.29 is 9.53 Å². The Balaban J connectivity index is 1.49. The van der Waals surface area contributed by atoms with E-state index in [0.29, 0.717) is 13.0 Å². The van der Waals surface area contributed by atoms with Crippen molar-refractivity contribution in [3.05, 3.63) is 27.7 Å². The SMILES string of the molecule is O=C(NCC1CCCO1)NC1CCc2n[nH]c(=O)cc2C1. The van der Waals surface area contributed by atoms with Crippen molar-refractivity contribution in [2.45, 2.75) is 44.2 Å². The lowest BCUT2D eigenvalue weighted by Gasteiger charge is -2.24. The lowest BCUT2D eigenvalue weighted by atomic mass is 9.92. The van der Waals surface area contributed by atoms with Crippen LogP contribution in [0.5, 0.6) is 0 Å². The second-order valence-corrected chi connectivity index (χ2v) is 5.63. The Bertz CT molecular complexity index is 566. The number of urea groups is 1. The van der Waals surface area contributed by atoms with Crippen LogP contribution in [0.2, 0.25) is 0 Å². The Morgan fingerprint density at radius 2 is 2.38 bits per heavy atom. The molecule has 114 valence electrons. The summed E-state index contributed by atoms with van der Waals surface area (Å²) in [6.45, 7) is 1.34. The number of fused-ring (bicyclic) bond motifs is 1. The van der Waals surface area contributed by atoms with Gasteiger partial charge in [0.1, 0.15) is 0 Å². The zero-order valence-electron chi connectivity index (χ0n) is 11.9. The number of aryl methyl sites for hydroxylation is 1. The number of nitrogens with zero attached hydrogens (tertiary/aromatic N) is 1. The van der Waals surface area contributed by atoms with Crippen molar-refractivity contribution in [1.29, 1.82) is 0 Å². The molecule has 0 spiro atoms. The van der Waals surface area contributed by atoms with Gasteiger partial charge in [0.2, 0.25) is 0 Å². The molecule has 1 aliphatic heterocycles. The molecule has 0 bridgehead atoms. The van der Waals surface area contributed by atoms with Crippen LogP contribution < -0.4 is 16.2 Å². The first-order valence-electron chi connectivity index (χ1n) is 7.44. The third-order valence-electron chi connectivity index (χ3n) is 4.02. The maximum absolute atomic E-state index is 11.9. The molecule has 2 heterocycles. The number of hydrogen-bond acceptors (Lipinski definition) is 4. The zero-order chi connectivity index (χ0) is 14.7. The van der Waals surface area contributed by atoms with Crippen molar-refractivity contribution in [1.82, 2.24) is 20.8 Å². The minimum absolute atomic E-state index is 0.0468. The average molecular weight is 292 g/mol. The molecule has 2 aliphatic rings. The van der Waals surface area contributed by atoms with E-state index in [1.54, 1.807) is 6.07 Å². The molecular formula is C14H20N4O3. The summed E-state index contributed by atoms with van der Waals surface area (Å²) in [6, 6.07) is 1.45. The number of carbonyl (C=O) groups excluding carboxylic acids is 1. The fourth-order valence-electron chi connectivity index (χ4n) is 2.91. The number of nitrogens with one attached hydrogen (secondary N) is 3. The lowest BCUT2D eigenvalue weighted by Crippen LogP contribution is -2.46. The first-order valence-corrected chi connectivity index (χ1v) is 7.44. The third kappa shape index (κ3) is 3.60. The molecule has 21 heavy (non-hydrogen) atoms. The Morgan fingerprint density at radius 3 is 3.19 bits per heavy atom. The molecule has 7 nitrogen and oxygen atoms in total. The summed E-state index contributed by atoms with van der Waals surface area (Å²) in [6.07, 6.45) is 4.47. The number of H-pyrrole nitrogens is 1. The summed E-state index contributed by atoms with van der Waals surface area (Å²) in [5.74, 6) is 0. The van der Waals surface area contributed by atoms with Gasteiger partial charge in [0.25, 0.3) is 5.56 Å². The second kappa shape index (κ2) is 6.26. The maximum atomic E-state index is 11.9. The number of ether oxygens (including phenoxy) is 1. The van der Waals surface area contributed by atoms with Crippen molar-refractivity contribution >= 4 is 6.03 Å². The number of hydrogen-bond donors (Lipinski definition) is 3. The van der Waals surface area contributed by atoms with Gasteiger partial charge in [-0.2, -0.15) is 5.10 Å². The quantitative estimate of drug-likeness (QED) is 0.736. The molecule has 2 amide bonds. The van der Waals surface area contributed by atoms with Gasteiger partial charge >= 0.3 is 6.03 Å². The first kappa shape index (κ1) is 14.1. The number of rotatable bonds is 3. The van der Waals surface area contributed by atoms with E-state index in [1.807, 2.05) is 0 Å². The summed E-state index contributed by atoms with van der Waals surface area (Å²) in [5.41, 5.74) is 1.65. The van der Waals surface area contributed by atoms with Crippen LogP contribution in [0.1, 0.15) is 30.5 Å². The minimum atomic E-state index is -0.197. The van der Waals surface area contributed by atoms with Crippen molar-refractivity contribution in [2.24, 2.45) is 0 Å². The van der Waals surface area contributed by atoms with Gasteiger partial charge in [-0.15, -0.1) is 0 Å². The monoisotopic (exact) mass is 292 g/mol. The molecule has 3 N–H and O–H groups in total. The molecule has 2 unspecified atom stereocenters. The fourth-order valence-corrected chi connectivity index (χ4v) is 2.91. The Labute approximate surface area is 122 Å². The largest absolute Gasteiger partial charge is 0.376 e. The minimum Gasteiger partial charge on any atom is -0.376 e. The highest BCUT2D eigenvalue weighted by molar-refractivity contribution is 5.74. The molecule has 2 atom stereocenters. The molecule has 0 saturated carbocycles. The zero-order valence-corrected chi connectivity index (χ0v) is 11.9. The fraction of sp³-hybridized carbons (Fsp3) is 0.643. The van der Waals surface area contributed by atoms with Gasteiger partial charge in [0.05, 0.1) is 11.8 Å². The van der Waals surface area contributed by atoms with Crippen LogP contribution in [-0.2, 0) is 17.6 Å². The number of aromatic nitrogens is 2. The van der Waals surface area contributed by atoms with Crippen LogP contribution >= 0.6 is 0 Å². The van der Waals surface area contributed by atoms with Gasteiger partial charge in [0, 0.05) is 25.3 Å². The van der Waals surface area contributed by atoms with E-state index < -0.39 is 0 Å². The van der Waals surface area contributed by atoms with E-state index in [9.17, 15) is 9.59 Å². The summed E-state index contributed by atoms with van der Waals surface area (Å²) in [5, 5.41) is 12.3. The van der Waals surface area contributed by atoms with Crippen LogP contribution in [0.4, 0.5) is 4.79 Å². The number of aromatic amines is 1. The van der Waals surface area contributed by atoms with E-state index in [4.69, 9.17) is 4.74 Å². The molecule has 0 radical (unpaired) electrons. The Hall–Kier alpha value is -1.89. The molecule has 1 aliphatic carbocycles. The van der Waals surface area contributed by atoms with Gasteiger partial charge in [-0.05, 0) is 37.7 Å². The van der Waals surface area contributed by atoms with Gasteiger partial charge < -0.3 is 15.4 Å². The standard InChI is InChI=1S/C14H20N4O3/c19-13-7-9-6-10(3-4-12(9)17-18-13)16-14(20)15-8-11-2-1-5-21-11/h7,10-11H,1-6,8H2,(H,18,19)(H2,15,16,20). The molecule has 1 aromatic heterocycles. The van der Waals surface area contributed by atoms with Gasteiger partial charge in [0.15, 0.2) is 0 Å². The van der Waals surface area contributed by atoms with Crippen LogP contribution in [-0.4, -0.2) is 41.5 Å². The Morgan fingerprint density at radius 1 is 1.48 bits per heavy atom. The van der Waals surface area contributed by atoms with Crippen LogP contribution in [0.25, 0.3) is 0 Å². The van der Waals surface area contributed by atoms with E-state index in [2.05, 4.69) is 20.8 Å². The van der Waals surface area contributed by atoms with E-state index in [1.165, 1.54) is 0 Å². The normalized spacial score (nSPS) is 24.4. The Kier molecular flexibility index (Phi) is 4.19. The first-order chi connectivity index (χ1) is 10.2. The number of carbonyl (C=O) groups is 1. The predicted molar refractivity (Wildman–Crippen MR) is 76.2 cm³/mol. The van der Waals surface area contributed by atoms with E-state index in [-0.39, 0.29) is 23.7 Å². The van der Waals surface area contributed by atoms with Crippen molar-refractivity contribution in [3.63, 3.8) is 0 Å². The van der Waals surface area contributed by atoms with E-state index in [0.717, 1.165) is 43.5 Å². The van der Waals surface area contributed by atoms with Crippen LogP contribution in [0.15, 0.2) is 10.9 Å². The molecule has 0 aromatic carbocycles. The highest BCUT2D eigenvalue weighted by Crippen LogP contribution is 2.17. The summed E-state index contributed by atoms with van der Waals surface area (Å²) in [7, 11) is 0. The molecule has 1 saturated heterocycles. The van der Waals surface area contributed by atoms with Gasteiger partial charge in [-0.3, -0.25) is 4.79 Å². The lowest BCUT2D eigenvalue weighted by molar-refractivity contribution is 0.111. The van der Waals surface area contributed by atoms with Crippen molar-refractivity contribution in [3.8, 4) is 0 Å². The van der Waals surface area contributed by atoms with Gasteiger partial charge in [-0.1, -0.05) is 0 Å². The number of amides is 2. The summed E-state index contributed by atoms with van der Waals surface area (Å²) < 4.78 is 5.46. The highest BCUT2D eigenvalue weighted by Gasteiger charge is 2.22. The average Bonchev–Trinajstić information content (AvgIpc) is 2.98. The molecule has 1 fully saturated rings. The molecular weight excluding hydrogens is 272 g/mol. The summed E-state index contributed by atoms with van der Waals surface area (Å²) >= 11 is 0. The highest BCUT2D eigenvalue weighted by atomic mass is 16.5. The van der Waals surface area contributed by atoms with Gasteiger partial charge in [-0.25, -0.2) is 9.89 Å². The van der Waals surface area contributed by atoms with Crippen LogP contribution in [0, 0.1) is 0 Å². The topological polar surface area (TPSA) is 96.1 Å². The van der Waals surface area contributed by atoms with E-state index >= 15 is 0 Å². The molecule has 3 rings (SSSR count). The third-order valence-corrected chi connectivity index (χ3v) is 4.02. The smallest absolute Gasteiger partial charge is 0.315 e. The predicted octanol–water partition coefficient (Wildman–Crippen LogP) is 0.105. The molecule has 7 heteroatoms. The van der Waals surface area contributed by atoms with Crippen molar-refractivity contribution in [2.75, 3.05) is 13.2 Å². The molecule has 1 aromatic rings. The van der Waals surface area contributed by atoms with Crippen LogP contribution in [0.3, 0.4) is 0 Å². The summed E-state index contributed by atoms with van der Waals surface area (Å²) in [4.78, 5) is 23.2.